The van der Waals surface area contributed by atoms with Crippen molar-refractivity contribution in [2.24, 2.45) is 0 Å². The van der Waals surface area contributed by atoms with Gasteiger partial charge in [-0.05, 0) is 73.2 Å². The Morgan fingerprint density at radius 3 is 2.58 bits per heavy atom. The van der Waals surface area contributed by atoms with E-state index in [1.807, 2.05) is 48.5 Å². The summed E-state index contributed by atoms with van der Waals surface area (Å²) in [5.74, 6) is 1.40. The molecule has 5 nitrogen and oxygen atoms in total. The molecule has 0 fully saturated rings. The lowest BCUT2D eigenvalue weighted by molar-refractivity contribution is 0.414. The van der Waals surface area contributed by atoms with Gasteiger partial charge in [-0.2, -0.15) is 5.26 Å². The van der Waals surface area contributed by atoms with Gasteiger partial charge in [0.2, 0.25) is 0 Å². The maximum absolute atomic E-state index is 13.9. The Bertz CT molecular complexity index is 1400. The molecule has 0 radical (unpaired) electrons. The van der Waals surface area contributed by atoms with E-state index in [4.69, 9.17) is 15.0 Å². The van der Waals surface area contributed by atoms with Gasteiger partial charge in [-0.25, -0.2) is 4.98 Å². The predicted molar refractivity (Wildman–Crippen MR) is 134 cm³/mol. The summed E-state index contributed by atoms with van der Waals surface area (Å²) in [6, 6.07) is 17.2. The van der Waals surface area contributed by atoms with Crippen molar-refractivity contribution in [3.8, 4) is 17.5 Å². The minimum atomic E-state index is 0.00638. The molecule has 0 bridgehead atoms. The van der Waals surface area contributed by atoms with Crippen molar-refractivity contribution in [3.63, 3.8) is 0 Å². The van der Waals surface area contributed by atoms with E-state index < -0.39 is 0 Å². The number of aryl methyl sites for hydroxylation is 2. The molecule has 1 aliphatic rings. The first-order chi connectivity index (χ1) is 16.2. The smallest absolute Gasteiger partial charge is 0.267 e. The van der Waals surface area contributed by atoms with Crippen LogP contribution < -0.4 is 10.3 Å². The summed E-state index contributed by atoms with van der Waals surface area (Å²) < 4.78 is 7.05. The number of fused-ring (bicyclic) bond motifs is 3. The fraction of sp³-hybridized carbons (Fsp3) is 0.269. The number of thiophene rings is 1. The van der Waals surface area contributed by atoms with Crippen molar-refractivity contribution in [2.75, 3.05) is 7.11 Å². The summed E-state index contributed by atoms with van der Waals surface area (Å²) in [6.07, 6.45) is 5.49. The van der Waals surface area contributed by atoms with Crippen molar-refractivity contribution in [3.05, 3.63) is 80.5 Å². The maximum atomic E-state index is 13.9. The largest absolute Gasteiger partial charge is 0.497 e. The average molecular weight is 474 g/mol. The quantitative estimate of drug-likeness (QED) is 0.205. The molecule has 4 aromatic rings. The number of nitrogens with zero attached hydrogens (tertiary/aromatic N) is 3. The first-order valence-electron chi connectivity index (χ1n) is 11.0. The number of hydrogen-bond acceptors (Lipinski definition) is 6. The monoisotopic (exact) mass is 473 g/mol. The van der Waals surface area contributed by atoms with Gasteiger partial charge in [-0.15, -0.1) is 11.3 Å². The SMILES string of the molecule is COc1ccc(-n2c(SCc3ccc(C#N)cc3)nc3sc4c(c3c2=O)CCCCC4)cc1. The summed E-state index contributed by atoms with van der Waals surface area (Å²) in [6.45, 7) is 0. The first-order valence-corrected chi connectivity index (χ1v) is 12.8. The minimum absolute atomic E-state index is 0.00638. The van der Waals surface area contributed by atoms with Crippen LogP contribution in [0.25, 0.3) is 15.9 Å². The molecule has 0 amide bonds. The Kier molecular flexibility index (Phi) is 6.21. The summed E-state index contributed by atoms with van der Waals surface area (Å²) >= 11 is 3.23. The van der Waals surface area contributed by atoms with E-state index in [0.29, 0.717) is 16.5 Å². The molecular formula is C26H23N3O2S2. The van der Waals surface area contributed by atoms with E-state index in [1.54, 1.807) is 34.8 Å². The highest BCUT2D eigenvalue weighted by molar-refractivity contribution is 7.98. The summed E-state index contributed by atoms with van der Waals surface area (Å²) in [7, 11) is 1.63. The predicted octanol–water partition coefficient (Wildman–Crippen LogP) is 5.89. The molecule has 2 heterocycles. The second-order valence-electron chi connectivity index (χ2n) is 8.07. The van der Waals surface area contributed by atoms with Gasteiger partial charge < -0.3 is 4.74 Å². The Labute approximate surface area is 200 Å². The maximum Gasteiger partial charge on any atom is 0.267 e. The molecule has 0 aliphatic heterocycles. The van der Waals surface area contributed by atoms with Gasteiger partial charge in [-0.1, -0.05) is 30.3 Å². The molecule has 33 heavy (non-hydrogen) atoms. The van der Waals surface area contributed by atoms with Crippen molar-refractivity contribution in [2.45, 2.75) is 43.0 Å². The van der Waals surface area contributed by atoms with E-state index in [-0.39, 0.29) is 5.56 Å². The minimum Gasteiger partial charge on any atom is -0.497 e. The molecule has 2 aromatic heterocycles. The van der Waals surface area contributed by atoms with Crippen LogP contribution in [-0.4, -0.2) is 16.7 Å². The normalized spacial score (nSPS) is 13.3. The zero-order valence-corrected chi connectivity index (χ0v) is 20.0. The number of methoxy groups -OCH3 is 1. The van der Waals surface area contributed by atoms with E-state index in [0.717, 1.165) is 46.5 Å². The van der Waals surface area contributed by atoms with Gasteiger partial charge in [0.25, 0.3) is 5.56 Å². The van der Waals surface area contributed by atoms with Crippen LogP contribution in [-0.2, 0) is 18.6 Å². The van der Waals surface area contributed by atoms with Crippen LogP contribution in [0.2, 0.25) is 0 Å². The topological polar surface area (TPSA) is 67.9 Å². The summed E-state index contributed by atoms with van der Waals surface area (Å²) in [4.78, 5) is 21.1. The van der Waals surface area contributed by atoms with Crippen LogP contribution in [0, 0.1) is 11.3 Å². The molecule has 7 heteroatoms. The molecular weight excluding hydrogens is 450 g/mol. The zero-order chi connectivity index (χ0) is 22.8. The third-order valence-corrected chi connectivity index (χ3v) is 8.19. The lowest BCUT2D eigenvalue weighted by Crippen LogP contribution is -2.22. The highest BCUT2D eigenvalue weighted by Gasteiger charge is 2.22. The fourth-order valence-corrected chi connectivity index (χ4v) is 6.51. The number of rotatable bonds is 5. The highest BCUT2D eigenvalue weighted by Crippen LogP contribution is 2.35. The molecule has 0 saturated heterocycles. The third-order valence-electron chi connectivity index (χ3n) is 5.99. The Balaban J connectivity index is 1.62. The molecule has 0 atom stereocenters. The molecule has 0 unspecified atom stereocenters. The van der Waals surface area contributed by atoms with E-state index in [1.165, 1.54) is 23.3 Å². The lowest BCUT2D eigenvalue weighted by Gasteiger charge is -2.13. The summed E-state index contributed by atoms with van der Waals surface area (Å²) in [5.41, 5.74) is 3.71. The number of aromatic nitrogens is 2. The zero-order valence-electron chi connectivity index (χ0n) is 18.3. The molecule has 166 valence electrons. The van der Waals surface area contributed by atoms with E-state index in [2.05, 4.69) is 6.07 Å². The van der Waals surface area contributed by atoms with Gasteiger partial charge in [0.15, 0.2) is 5.16 Å². The van der Waals surface area contributed by atoms with Gasteiger partial charge in [0.05, 0.1) is 29.8 Å². The fourth-order valence-electron chi connectivity index (χ4n) is 4.24. The molecule has 0 saturated carbocycles. The van der Waals surface area contributed by atoms with Crippen molar-refractivity contribution in [1.82, 2.24) is 9.55 Å². The molecule has 0 N–H and O–H groups in total. The number of nitriles is 1. The lowest BCUT2D eigenvalue weighted by atomic mass is 10.1. The second kappa shape index (κ2) is 9.42. The third kappa shape index (κ3) is 4.29. The van der Waals surface area contributed by atoms with Crippen LogP contribution in [0.1, 0.15) is 40.8 Å². The van der Waals surface area contributed by atoms with Gasteiger partial charge in [-0.3, -0.25) is 9.36 Å². The number of hydrogen-bond donors (Lipinski definition) is 0. The average Bonchev–Trinajstić information content (AvgIpc) is 3.04. The van der Waals surface area contributed by atoms with Crippen molar-refractivity contribution in [1.29, 1.82) is 5.26 Å². The van der Waals surface area contributed by atoms with Gasteiger partial charge >= 0.3 is 0 Å². The van der Waals surface area contributed by atoms with Crippen LogP contribution in [0.4, 0.5) is 0 Å². The van der Waals surface area contributed by atoms with Gasteiger partial charge in [0, 0.05) is 10.6 Å². The summed E-state index contributed by atoms with van der Waals surface area (Å²) in [5, 5.41) is 10.5. The van der Waals surface area contributed by atoms with Crippen LogP contribution in [0.15, 0.2) is 58.5 Å². The van der Waals surface area contributed by atoms with Crippen LogP contribution in [0.3, 0.4) is 0 Å². The second-order valence-corrected chi connectivity index (χ2v) is 10.1. The Morgan fingerprint density at radius 1 is 1.09 bits per heavy atom. The van der Waals surface area contributed by atoms with E-state index in [9.17, 15) is 4.79 Å². The van der Waals surface area contributed by atoms with E-state index >= 15 is 0 Å². The number of ether oxygens (including phenoxy) is 1. The van der Waals surface area contributed by atoms with Crippen molar-refractivity contribution < 1.29 is 4.74 Å². The molecule has 2 aromatic carbocycles. The Hall–Kier alpha value is -3.08. The standard InChI is InChI=1S/C26H23N3O2S2/c1-31-20-13-11-19(12-14-20)29-25(30)23-21-5-3-2-4-6-22(21)33-24(23)28-26(29)32-16-18-9-7-17(15-27)8-10-18/h7-14H,2-6,16H2,1H3. The van der Waals surface area contributed by atoms with Crippen LogP contribution in [0.5, 0.6) is 5.75 Å². The number of benzene rings is 2. The molecule has 5 rings (SSSR count). The van der Waals surface area contributed by atoms with Crippen molar-refractivity contribution >= 4 is 33.3 Å². The molecule has 0 spiro atoms. The Morgan fingerprint density at radius 2 is 1.85 bits per heavy atom. The first kappa shape index (κ1) is 21.7. The van der Waals surface area contributed by atoms with Gasteiger partial charge in [0.1, 0.15) is 10.6 Å². The number of thioether (sulfide) groups is 1. The molecule has 1 aliphatic carbocycles. The highest BCUT2D eigenvalue weighted by atomic mass is 32.2. The van der Waals surface area contributed by atoms with Crippen LogP contribution >= 0.6 is 23.1 Å².